The fourth-order valence-electron chi connectivity index (χ4n) is 1.89. The third kappa shape index (κ3) is 4.13. The Labute approximate surface area is 117 Å². The van der Waals surface area contributed by atoms with Crippen LogP contribution in [0.3, 0.4) is 0 Å². The summed E-state index contributed by atoms with van der Waals surface area (Å²) in [7, 11) is 0. The van der Waals surface area contributed by atoms with Crippen molar-refractivity contribution in [2.45, 2.75) is 32.7 Å². The monoisotopic (exact) mass is 280 g/mol. The van der Waals surface area contributed by atoms with E-state index in [0.717, 1.165) is 19.0 Å². The highest BCUT2D eigenvalue weighted by Crippen LogP contribution is 2.22. The van der Waals surface area contributed by atoms with Gasteiger partial charge >= 0.3 is 0 Å². The Morgan fingerprint density at radius 1 is 1.20 bits per heavy atom. The fourth-order valence-corrected chi connectivity index (χ4v) is 1.89. The van der Waals surface area contributed by atoms with E-state index in [1.807, 2.05) is 0 Å². The molecule has 0 amide bonds. The average Bonchev–Trinajstić information content (AvgIpc) is 2.82. The zero-order valence-corrected chi connectivity index (χ0v) is 11.6. The molecule has 1 aromatic heterocycles. The van der Waals surface area contributed by atoms with Gasteiger partial charge in [-0.3, -0.25) is 0 Å². The number of nitrogens with one attached hydrogen (secondary N) is 1. The number of hydrogen-bond acceptors (Lipinski definition) is 3. The van der Waals surface area contributed by atoms with Crippen LogP contribution in [0.2, 0.25) is 0 Å². The van der Waals surface area contributed by atoms with Crippen molar-refractivity contribution in [3.63, 3.8) is 0 Å². The van der Waals surface area contributed by atoms with Gasteiger partial charge in [0.25, 0.3) is 0 Å². The molecule has 0 fully saturated rings. The van der Waals surface area contributed by atoms with Crippen molar-refractivity contribution >= 4 is 0 Å². The highest BCUT2D eigenvalue weighted by atomic mass is 19.1. The van der Waals surface area contributed by atoms with Gasteiger partial charge in [0.2, 0.25) is 0 Å². The Bertz CT molecular complexity index is 547. The van der Waals surface area contributed by atoms with Gasteiger partial charge in [-0.05, 0) is 25.1 Å². The van der Waals surface area contributed by atoms with E-state index < -0.39 is 11.6 Å². The number of nitrogens with zero attached hydrogens (tertiary/aromatic N) is 1. The lowest BCUT2D eigenvalue weighted by Crippen LogP contribution is -2.23. The summed E-state index contributed by atoms with van der Waals surface area (Å²) in [5, 5.41) is 3.30. The smallest absolute Gasteiger partial charge is 0.194 e. The van der Waals surface area contributed by atoms with Gasteiger partial charge in [0.15, 0.2) is 11.7 Å². The van der Waals surface area contributed by atoms with Gasteiger partial charge in [0, 0.05) is 24.1 Å². The van der Waals surface area contributed by atoms with Crippen molar-refractivity contribution in [3.8, 4) is 11.3 Å². The van der Waals surface area contributed by atoms with Gasteiger partial charge < -0.3 is 9.73 Å². The van der Waals surface area contributed by atoms with Gasteiger partial charge in [0.1, 0.15) is 11.6 Å². The quantitative estimate of drug-likeness (QED) is 0.822. The molecule has 3 nitrogen and oxygen atoms in total. The molecule has 0 bridgehead atoms. The molecule has 108 valence electrons. The summed E-state index contributed by atoms with van der Waals surface area (Å²) in [6.45, 7) is 5.05. The average molecular weight is 280 g/mol. The number of aromatic nitrogens is 1. The summed E-state index contributed by atoms with van der Waals surface area (Å²) >= 11 is 0. The summed E-state index contributed by atoms with van der Waals surface area (Å²) in [5.74, 6) is -0.288. The second-order valence-electron chi connectivity index (χ2n) is 4.99. The third-order valence-corrected chi connectivity index (χ3v) is 2.82. The van der Waals surface area contributed by atoms with Crippen molar-refractivity contribution in [1.29, 1.82) is 0 Å². The lowest BCUT2D eigenvalue weighted by atomic mass is 10.2. The van der Waals surface area contributed by atoms with Crippen LogP contribution >= 0.6 is 0 Å². The molecule has 1 aromatic carbocycles. The minimum absolute atomic E-state index is 0.363. The van der Waals surface area contributed by atoms with E-state index >= 15 is 0 Å². The molecule has 0 saturated heterocycles. The van der Waals surface area contributed by atoms with Gasteiger partial charge in [0.05, 0.1) is 6.20 Å². The maximum Gasteiger partial charge on any atom is 0.194 e. The van der Waals surface area contributed by atoms with Crippen LogP contribution in [0, 0.1) is 11.6 Å². The SMILES string of the molecule is CC(C)NCCCc1ncc(-c2cc(F)cc(F)c2)o1. The molecule has 0 saturated carbocycles. The fraction of sp³-hybridized carbons (Fsp3) is 0.400. The summed E-state index contributed by atoms with van der Waals surface area (Å²) in [4.78, 5) is 4.13. The molecule has 5 heteroatoms. The number of benzene rings is 1. The number of rotatable bonds is 6. The second-order valence-corrected chi connectivity index (χ2v) is 4.99. The standard InChI is InChI=1S/C15H18F2N2O/c1-10(2)18-5-3-4-15-19-9-14(20-15)11-6-12(16)8-13(17)7-11/h6-10,18H,3-5H2,1-2H3. The first-order valence-electron chi connectivity index (χ1n) is 6.69. The normalized spacial score (nSPS) is 11.2. The van der Waals surface area contributed by atoms with Crippen LogP contribution in [0.5, 0.6) is 0 Å². The molecule has 0 aliphatic carbocycles. The molecule has 2 aromatic rings. The van der Waals surface area contributed by atoms with Crippen LogP contribution in [-0.2, 0) is 6.42 Å². The zero-order valence-electron chi connectivity index (χ0n) is 11.6. The highest BCUT2D eigenvalue weighted by Gasteiger charge is 2.09. The Hall–Kier alpha value is -1.75. The van der Waals surface area contributed by atoms with Gasteiger partial charge in [-0.25, -0.2) is 13.8 Å². The van der Waals surface area contributed by atoms with E-state index in [1.54, 1.807) is 0 Å². The first-order valence-corrected chi connectivity index (χ1v) is 6.69. The molecule has 0 spiro atoms. The molecule has 0 aliphatic rings. The van der Waals surface area contributed by atoms with Crippen LogP contribution < -0.4 is 5.32 Å². The summed E-state index contributed by atoms with van der Waals surface area (Å²) in [6.07, 6.45) is 3.09. The van der Waals surface area contributed by atoms with Crippen molar-refractivity contribution in [3.05, 3.63) is 41.9 Å². The van der Waals surface area contributed by atoms with E-state index in [0.29, 0.717) is 29.7 Å². The predicted octanol–water partition coefficient (Wildman–Crippen LogP) is 3.55. The molecule has 0 radical (unpaired) electrons. The minimum Gasteiger partial charge on any atom is -0.441 e. The Kier molecular flexibility index (Phi) is 4.84. The molecular formula is C15H18F2N2O. The van der Waals surface area contributed by atoms with Crippen LogP contribution in [0.1, 0.15) is 26.2 Å². The minimum atomic E-state index is -0.626. The molecular weight excluding hydrogens is 262 g/mol. The summed E-state index contributed by atoms with van der Waals surface area (Å²) in [5.41, 5.74) is 0.363. The Morgan fingerprint density at radius 2 is 1.90 bits per heavy atom. The number of hydrogen-bond donors (Lipinski definition) is 1. The number of aryl methyl sites for hydroxylation is 1. The molecule has 20 heavy (non-hydrogen) atoms. The first-order chi connectivity index (χ1) is 9.54. The predicted molar refractivity (Wildman–Crippen MR) is 73.3 cm³/mol. The molecule has 2 rings (SSSR count). The Balaban J connectivity index is 1.98. The summed E-state index contributed by atoms with van der Waals surface area (Å²) in [6, 6.07) is 3.74. The second kappa shape index (κ2) is 6.61. The van der Waals surface area contributed by atoms with Crippen molar-refractivity contribution in [2.75, 3.05) is 6.54 Å². The summed E-state index contributed by atoms with van der Waals surface area (Å²) < 4.78 is 31.8. The lowest BCUT2D eigenvalue weighted by molar-refractivity contribution is 0.483. The highest BCUT2D eigenvalue weighted by molar-refractivity contribution is 5.56. The van der Waals surface area contributed by atoms with Gasteiger partial charge in [-0.2, -0.15) is 0 Å². The van der Waals surface area contributed by atoms with Gasteiger partial charge in [-0.1, -0.05) is 13.8 Å². The third-order valence-electron chi connectivity index (χ3n) is 2.82. The van der Waals surface area contributed by atoms with Crippen LogP contribution in [0.4, 0.5) is 8.78 Å². The number of halogens is 2. The van der Waals surface area contributed by atoms with Crippen LogP contribution in [0.15, 0.2) is 28.8 Å². The lowest BCUT2D eigenvalue weighted by Gasteiger charge is -2.05. The van der Waals surface area contributed by atoms with E-state index in [1.165, 1.54) is 18.3 Å². The van der Waals surface area contributed by atoms with Crippen molar-refractivity contribution in [2.24, 2.45) is 0 Å². The van der Waals surface area contributed by atoms with Crippen molar-refractivity contribution in [1.82, 2.24) is 10.3 Å². The molecule has 1 heterocycles. The topological polar surface area (TPSA) is 38.1 Å². The molecule has 0 atom stereocenters. The largest absolute Gasteiger partial charge is 0.441 e. The van der Waals surface area contributed by atoms with E-state index in [-0.39, 0.29) is 0 Å². The maximum atomic E-state index is 13.1. The maximum absolute atomic E-state index is 13.1. The van der Waals surface area contributed by atoms with Crippen molar-refractivity contribution < 1.29 is 13.2 Å². The van der Waals surface area contributed by atoms with Crippen LogP contribution in [0.25, 0.3) is 11.3 Å². The Morgan fingerprint density at radius 3 is 2.55 bits per heavy atom. The van der Waals surface area contributed by atoms with E-state index in [4.69, 9.17) is 4.42 Å². The van der Waals surface area contributed by atoms with Gasteiger partial charge in [-0.15, -0.1) is 0 Å². The number of oxazole rings is 1. The van der Waals surface area contributed by atoms with E-state index in [2.05, 4.69) is 24.1 Å². The molecule has 0 unspecified atom stereocenters. The molecule has 0 aliphatic heterocycles. The van der Waals surface area contributed by atoms with E-state index in [9.17, 15) is 8.78 Å². The molecule has 1 N–H and O–H groups in total. The van der Waals surface area contributed by atoms with Crippen LogP contribution in [-0.4, -0.2) is 17.6 Å². The first kappa shape index (κ1) is 14.7. The zero-order chi connectivity index (χ0) is 14.5.